The average molecular weight is 301 g/mol. The van der Waals surface area contributed by atoms with Crippen LogP contribution in [0.1, 0.15) is 33.8 Å². The van der Waals surface area contributed by atoms with Crippen molar-refractivity contribution in [2.75, 3.05) is 18.1 Å². The standard InChI is InChI=1S/C14H15N5OS/c1-8(9-4-3-5-18-7-9)19-14-10(6-15)11(16)12(21-14)13(20)17-2/h3-5,7-8,19H,16H2,1-2H3,(H,17,20). The lowest BCUT2D eigenvalue weighted by Gasteiger charge is -2.13. The van der Waals surface area contributed by atoms with Gasteiger partial charge in [0, 0.05) is 19.4 Å². The fraction of sp³-hybridized carbons (Fsp3) is 0.214. The zero-order valence-corrected chi connectivity index (χ0v) is 12.5. The van der Waals surface area contributed by atoms with Crippen LogP contribution in [-0.4, -0.2) is 17.9 Å². The van der Waals surface area contributed by atoms with Crippen molar-refractivity contribution in [1.82, 2.24) is 10.3 Å². The molecule has 0 radical (unpaired) electrons. The summed E-state index contributed by atoms with van der Waals surface area (Å²) in [6.45, 7) is 1.95. The minimum atomic E-state index is -0.295. The van der Waals surface area contributed by atoms with E-state index in [1.54, 1.807) is 12.4 Å². The highest BCUT2D eigenvalue weighted by Gasteiger charge is 2.21. The second-order valence-electron chi connectivity index (χ2n) is 4.39. The first kappa shape index (κ1) is 14.8. The van der Waals surface area contributed by atoms with Gasteiger partial charge in [-0.25, -0.2) is 0 Å². The molecule has 0 fully saturated rings. The maximum atomic E-state index is 11.7. The number of nitrogen functional groups attached to an aromatic ring is 1. The summed E-state index contributed by atoms with van der Waals surface area (Å²) in [5, 5.41) is 15.6. The van der Waals surface area contributed by atoms with Crippen LogP contribution in [0.3, 0.4) is 0 Å². The number of amides is 1. The Hall–Kier alpha value is -2.59. The number of pyridine rings is 1. The largest absolute Gasteiger partial charge is 0.396 e. The summed E-state index contributed by atoms with van der Waals surface area (Å²) in [5.74, 6) is -0.295. The van der Waals surface area contributed by atoms with Gasteiger partial charge in [-0.05, 0) is 18.6 Å². The molecule has 2 aromatic rings. The third kappa shape index (κ3) is 2.95. The average Bonchev–Trinajstić information content (AvgIpc) is 2.83. The van der Waals surface area contributed by atoms with Gasteiger partial charge in [-0.2, -0.15) is 5.26 Å². The Kier molecular flexibility index (Phi) is 4.40. The van der Waals surface area contributed by atoms with Gasteiger partial charge in [0.1, 0.15) is 21.5 Å². The Morgan fingerprint density at radius 2 is 2.33 bits per heavy atom. The van der Waals surface area contributed by atoms with E-state index in [1.807, 2.05) is 25.1 Å². The number of hydrogen-bond donors (Lipinski definition) is 3. The van der Waals surface area contributed by atoms with E-state index < -0.39 is 0 Å². The zero-order valence-electron chi connectivity index (χ0n) is 11.7. The van der Waals surface area contributed by atoms with Crippen molar-refractivity contribution < 1.29 is 4.79 Å². The highest BCUT2D eigenvalue weighted by molar-refractivity contribution is 7.18. The Balaban J connectivity index is 2.32. The number of nitrogens with one attached hydrogen (secondary N) is 2. The lowest BCUT2D eigenvalue weighted by molar-refractivity contribution is 0.0968. The minimum Gasteiger partial charge on any atom is -0.396 e. The molecule has 0 bridgehead atoms. The van der Waals surface area contributed by atoms with E-state index in [0.717, 1.165) is 5.56 Å². The molecule has 2 rings (SSSR count). The quantitative estimate of drug-likeness (QED) is 0.802. The summed E-state index contributed by atoms with van der Waals surface area (Å²) in [6, 6.07) is 5.78. The predicted molar refractivity (Wildman–Crippen MR) is 83.1 cm³/mol. The van der Waals surface area contributed by atoms with Crippen molar-refractivity contribution in [2.45, 2.75) is 13.0 Å². The van der Waals surface area contributed by atoms with Crippen molar-refractivity contribution in [3.05, 3.63) is 40.5 Å². The molecule has 2 aromatic heterocycles. The molecule has 7 heteroatoms. The van der Waals surface area contributed by atoms with Crippen LogP contribution >= 0.6 is 11.3 Å². The van der Waals surface area contributed by atoms with E-state index in [4.69, 9.17) is 5.73 Å². The molecule has 0 aliphatic heterocycles. The summed E-state index contributed by atoms with van der Waals surface area (Å²) >= 11 is 1.18. The van der Waals surface area contributed by atoms with Gasteiger partial charge in [-0.3, -0.25) is 9.78 Å². The Bertz CT molecular complexity index is 689. The van der Waals surface area contributed by atoms with Crippen LogP contribution in [0.2, 0.25) is 0 Å². The lowest BCUT2D eigenvalue weighted by atomic mass is 10.1. The summed E-state index contributed by atoms with van der Waals surface area (Å²) in [5.41, 5.74) is 7.37. The SMILES string of the molecule is CNC(=O)c1sc(NC(C)c2cccnc2)c(C#N)c1N. The van der Waals surface area contributed by atoms with E-state index in [2.05, 4.69) is 15.6 Å². The molecule has 108 valence electrons. The Labute approximate surface area is 126 Å². The number of aromatic nitrogens is 1. The van der Waals surface area contributed by atoms with Gasteiger partial charge in [0.15, 0.2) is 0 Å². The molecule has 0 saturated heterocycles. The van der Waals surface area contributed by atoms with Crippen LogP contribution in [-0.2, 0) is 0 Å². The summed E-state index contributed by atoms with van der Waals surface area (Å²) in [4.78, 5) is 16.1. The number of hydrogen-bond acceptors (Lipinski definition) is 6. The maximum Gasteiger partial charge on any atom is 0.263 e. The van der Waals surface area contributed by atoms with Gasteiger partial charge in [-0.1, -0.05) is 6.07 Å². The van der Waals surface area contributed by atoms with E-state index in [9.17, 15) is 10.1 Å². The van der Waals surface area contributed by atoms with Gasteiger partial charge < -0.3 is 16.4 Å². The molecular weight excluding hydrogens is 286 g/mol. The van der Waals surface area contributed by atoms with Crippen LogP contribution < -0.4 is 16.4 Å². The van der Waals surface area contributed by atoms with Crippen LogP contribution in [0.25, 0.3) is 0 Å². The lowest BCUT2D eigenvalue weighted by Crippen LogP contribution is -2.17. The molecular formula is C14H15N5OS. The molecule has 1 atom stereocenters. The molecule has 6 nitrogen and oxygen atoms in total. The number of anilines is 2. The van der Waals surface area contributed by atoms with Gasteiger partial charge in [0.05, 0.1) is 11.7 Å². The number of nitrogens with zero attached hydrogens (tertiary/aromatic N) is 2. The fourth-order valence-electron chi connectivity index (χ4n) is 1.85. The molecule has 21 heavy (non-hydrogen) atoms. The van der Waals surface area contributed by atoms with Gasteiger partial charge in [0.25, 0.3) is 5.91 Å². The number of carbonyl (C=O) groups excluding carboxylic acids is 1. The zero-order chi connectivity index (χ0) is 15.4. The first-order valence-electron chi connectivity index (χ1n) is 6.29. The molecule has 0 aromatic carbocycles. The summed E-state index contributed by atoms with van der Waals surface area (Å²) in [7, 11) is 1.53. The monoisotopic (exact) mass is 301 g/mol. The van der Waals surface area contributed by atoms with Gasteiger partial charge in [-0.15, -0.1) is 11.3 Å². The van der Waals surface area contributed by atoms with Gasteiger partial charge >= 0.3 is 0 Å². The van der Waals surface area contributed by atoms with Crippen molar-refractivity contribution >= 4 is 27.9 Å². The number of nitriles is 1. The molecule has 1 unspecified atom stereocenters. The maximum absolute atomic E-state index is 11.7. The van der Waals surface area contributed by atoms with Crippen molar-refractivity contribution in [3.8, 4) is 6.07 Å². The highest BCUT2D eigenvalue weighted by Crippen LogP contribution is 2.36. The third-order valence-corrected chi connectivity index (χ3v) is 4.16. The normalized spacial score (nSPS) is 11.5. The Morgan fingerprint density at radius 3 is 2.90 bits per heavy atom. The number of thiophene rings is 1. The van der Waals surface area contributed by atoms with Crippen LogP contribution in [0, 0.1) is 11.3 Å². The molecule has 0 spiro atoms. The Morgan fingerprint density at radius 1 is 1.57 bits per heavy atom. The van der Waals surface area contributed by atoms with Crippen LogP contribution in [0.4, 0.5) is 10.7 Å². The predicted octanol–water partition coefficient (Wildman–Crippen LogP) is 2.13. The van der Waals surface area contributed by atoms with Crippen molar-refractivity contribution in [1.29, 1.82) is 5.26 Å². The number of nitrogens with two attached hydrogens (primary N) is 1. The molecule has 0 aliphatic rings. The molecule has 1 amide bonds. The molecule has 2 heterocycles. The smallest absolute Gasteiger partial charge is 0.263 e. The van der Waals surface area contributed by atoms with E-state index >= 15 is 0 Å². The van der Waals surface area contributed by atoms with Crippen molar-refractivity contribution in [3.63, 3.8) is 0 Å². The third-order valence-electron chi connectivity index (χ3n) is 3.02. The highest BCUT2D eigenvalue weighted by atomic mass is 32.1. The fourth-order valence-corrected chi connectivity index (χ4v) is 2.96. The van der Waals surface area contributed by atoms with E-state index in [1.165, 1.54) is 18.4 Å². The molecule has 0 saturated carbocycles. The molecule has 4 N–H and O–H groups in total. The van der Waals surface area contributed by atoms with Crippen molar-refractivity contribution in [2.24, 2.45) is 0 Å². The first-order chi connectivity index (χ1) is 10.1. The van der Waals surface area contributed by atoms with E-state index in [0.29, 0.717) is 15.4 Å². The van der Waals surface area contributed by atoms with E-state index in [-0.39, 0.29) is 17.6 Å². The van der Waals surface area contributed by atoms with Gasteiger partial charge in [0.2, 0.25) is 0 Å². The first-order valence-corrected chi connectivity index (χ1v) is 7.11. The number of rotatable bonds is 4. The second kappa shape index (κ2) is 6.24. The van der Waals surface area contributed by atoms with Crippen LogP contribution in [0.5, 0.6) is 0 Å². The molecule has 0 aliphatic carbocycles. The number of carbonyl (C=O) groups is 1. The second-order valence-corrected chi connectivity index (χ2v) is 5.41. The topological polar surface area (TPSA) is 104 Å². The summed E-state index contributed by atoms with van der Waals surface area (Å²) in [6.07, 6.45) is 3.45. The van der Waals surface area contributed by atoms with Crippen LogP contribution in [0.15, 0.2) is 24.5 Å². The minimum absolute atomic E-state index is 0.0543. The summed E-state index contributed by atoms with van der Waals surface area (Å²) < 4.78 is 0.